The van der Waals surface area contributed by atoms with E-state index < -0.39 is 0 Å². The van der Waals surface area contributed by atoms with E-state index in [1.807, 2.05) is 18.2 Å². The summed E-state index contributed by atoms with van der Waals surface area (Å²) in [5, 5.41) is 0. The average molecular weight is 165 g/mol. The first kappa shape index (κ1) is 8.87. The van der Waals surface area contributed by atoms with Crippen LogP contribution in [0.3, 0.4) is 0 Å². The first-order chi connectivity index (χ1) is 5.74. The smallest absolute Gasteiger partial charge is 0.0550 e. The van der Waals surface area contributed by atoms with Crippen molar-refractivity contribution in [3.8, 4) is 0 Å². The summed E-state index contributed by atoms with van der Waals surface area (Å²) in [6, 6.07) is 5.73. The van der Waals surface area contributed by atoms with Gasteiger partial charge in [-0.1, -0.05) is 6.07 Å². The van der Waals surface area contributed by atoms with Gasteiger partial charge in [-0.05, 0) is 37.1 Å². The van der Waals surface area contributed by atoms with Crippen molar-refractivity contribution in [3.63, 3.8) is 0 Å². The summed E-state index contributed by atoms with van der Waals surface area (Å²) in [6.45, 7) is 0.713. The monoisotopic (exact) mass is 165 g/mol. The minimum atomic E-state index is 0.645. The molecule has 0 heterocycles. The van der Waals surface area contributed by atoms with Crippen LogP contribution in [0, 0.1) is 0 Å². The lowest BCUT2D eigenvalue weighted by Crippen LogP contribution is -2.01. The van der Waals surface area contributed by atoms with Crippen molar-refractivity contribution in [2.75, 3.05) is 18.0 Å². The van der Waals surface area contributed by atoms with Crippen LogP contribution < -0.4 is 17.2 Å². The van der Waals surface area contributed by atoms with Crippen LogP contribution in [0.5, 0.6) is 0 Å². The first-order valence-electron chi connectivity index (χ1n) is 4.08. The molecule has 0 radical (unpaired) electrons. The van der Waals surface area contributed by atoms with Crippen LogP contribution in [0.2, 0.25) is 0 Å². The number of rotatable bonds is 3. The maximum atomic E-state index is 5.64. The Labute approximate surface area is 72.5 Å². The molecule has 1 aromatic rings. The lowest BCUT2D eigenvalue weighted by atomic mass is 10.1. The number of benzene rings is 1. The van der Waals surface area contributed by atoms with E-state index in [2.05, 4.69) is 0 Å². The maximum absolute atomic E-state index is 5.64. The minimum absolute atomic E-state index is 0.645. The molecule has 0 aliphatic rings. The van der Waals surface area contributed by atoms with E-state index in [1.165, 1.54) is 5.56 Å². The molecule has 0 bridgehead atoms. The second-order valence-electron chi connectivity index (χ2n) is 2.86. The molecule has 0 saturated heterocycles. The summed E-state index contributed by atoms with van der Waals surface area (Å²) in [5.41, 5.74) is 19.1. The van der Waals surface area contributed by atoms with Gasteiger partial charge in [-0.3, -0.25) is 0 Å². The number of hydrogen-bond donors (Lipinski definition) is 3. The molecule has 3 heteroatoms. The van der Waals surface area contributed by atoms with Crippen LogP contribution in [-0.2, 0) is 6.42 Å². The van der Waals surface area contributed by atoms with Gasteiger partial charge in [-0.25, -0.2) is 0 Å². The van der Waals surface area contributed by atoms with Gasteiger partial charge in [0.15, 0.2) is 0 Å². The second-order valence-corrected chi connectivity index (χ2v) is 2.86. The minimum Gasteiger partial charge on any atom is -0.397 e. The molecule has 0 aromatic heterocycles. The number of anilines is 2. The summed E-state index contributed by atoms with van der Waals surface area (Å²) in [4.78, 5) is 0. The molecule has 0 amide bonds. The highest BCUT2D eigenvalue weighted by Crippen LogP contribution is 2.16. The predicted molar refractivity (Wildman–Crippen MR) is 52.6 cm³/mol. The summed E-state index contributed by atoms with van der Waals surface area (Å²) in [5.74, 6) is 0. The van der Waals surface area contributed by atoms with E-state index in [0.717, 1.165) is 12.8 Å². The number of aryl methyl sites for hydroxylation is 1. The summed E-state index contributed by atoms with van der Waals surface area (Å²) in [6.07, 6.45) is 1.96. The Balaban J connectivity index is 2.69. The van der Waals surface area contributed by atoms with Crippen LogP contribution in [0.25, 0.3) is 0 Å². The number of nitrogen functional groups attached to an aromatic ring is 2. The SMILES string of the molecule is NCCCc1ccc(N)c(N)c1. The summed E-state index contributed by atoms with van der Waals surface area (Å²) < 4.78 is 0. The van der Waals surface area contributed by atoms with Gasteiger partial charge in [0.25, 0.3) is 0 Å². The highest BCUT2D eigenvalue weighted by atomic mass is 14.7. The summed E-state index contributed by atoms with van der Waals surface area (Å²) >= 11 is 0. The van der Waals surface area contributed by atoms with E-state index in [9.17, 15) is 0 Å². The molecule has 12 heavy (non-hydrogen) atoms. The molecule has 0 fully saturated rings. The molecule has 0 saturated carbocycles. The van der Waals surface area contributed by atoms with Crippen LogP contribution in [0.15, 0.2) is 18.2 Å². The summed E-state index contributed by atoms with van der Waals surface area (Å²) in [7, 11) is 0. The molecular formula is C9H15N3. The van der Waals surface area contributed by atoms with E-state index in [0.29, 0.717) is 17.9 Å². The maximum Gasteiger partial charge on any atom is 0.0550 e. The Bertz CT molecular complexity index is 258. The highest BCUT2D eigenvalue weighted by Gasteiger charge is 1.96. The first-order valence-corrected chi connectivity index (χ1v) is 4.08. The fourth-order valence-electron chi connectivity index (χ4n) is 1.09. The molecule has 0 spiro atoms. The lowest BCUT2D eigenvalue weighted by Gasteiger charge is -2.03. The molecule has 6 N–H and O–H groups in total. The Kier molecular flexibility index (Phi) is 2.94. The average Bonchev–Trinajstić information content (AvgIpc) is 2.07. The van der Waals surface area contributed by atoms with Crippen molar-refractivity contribution >= 4 is 11.4 Å². The molecular weight excluding hydrogens is 150 g/mol. The standard InChI is InChI=1S/C9H15N3/c10-5-1-2-7-3-4-8(11)9(12)6-7/h3-4,6H,1-2,5,10-12H2. The molecule has 0 unspecified atom stereocenters. The van der Waals surface area contributed by atoms with Gasteiger partial charge in [0.05, 0.1) is 11.4 Å². The third-order valence-electron chi connectivity index (χ3n) is 1.82. The molecule has 0 aliphatic carbocycles. The van der Waals surface area contributed by atoms with Gasteiger partial charge in [0.1, 0.15) is 0 Å². The van der Waals surface area contributed by atoms with Gasteiger partial charge in [0.2, 0.25) is 0 Å². The molecule has 66 valence electrons. The van der Waals surface area contributed by atoms with Gasteiger partial charge in [0, 0.05) is 0 Å². The van der Waals surface area contributed by atoms with E-state index in [-0.39, 0.29) is 0 Å². The third-order valence-corrected chi connectivity index (χ3v) is 1.82. The van der Waals surface area contributed by atoms with Gasteiger partial charge in [-0.15, -0.1) is 0 Å². The van der Waals surface area contributed by atoms with Crippen LogP contribution in [0.1, 0.15) is 12.0 Å². The van der Waals surface area contributed by atoms with E-state index >= 15 is 0 Å². The van der Waals surface area contributed by atoms with Crippen molar-refractivity contribution in [2.45, 2.75) is 12.8 Å². The zero-order valence-electron chi connectivity index (χ0n) is 7.09. The van der Waals surface area contributed by atoms with Gasteiger partial charge in [-0.2, -0.15) is 0 Å². The second kappa shape index (κ2) is 3.97. The quantitative estimate of drug-likeness (QED) is 0.578. The zero-order valence-corrected chi connectivity index (χ0v) is 7.09. The number of nitrogens with two attached hydrogens (primary N) is 3. The fourth-order valence-corrected chi connectivity index (χ4v) is 1.09. The molecule has 1 rings (SSSR count). The van der Waals surface area contributed by atoms with Crippen LogP contribution in [-0.4, -0.2) is 6.54 Å². The van der Waals surface area contributed by atoms with E-state index in [1.54, 1.807) is 0 Å². The highest BCUT2D eigenvalue weighted by molar-refractivity contribution is 5.63. The van der Waals surface area contributed by atoms with Crippen molar-refractivity contribution in [1.29, 1.82) is 0 Å². The Morgan fingerprint density at radius 3 is 2.42 bits per heavy atom. The Morgan fingerprint density at radius 1 is 1.08 bits per heavy atom. The normalized spacial score (nSPS) is 10.1. The van der Waals surface area contributed by atoms with Crippen molar-refractivity contribution in [1.82, 2.24) is 0 Å². The molecule has 0 aliphatic heterocycles. The topological polar surface area (TPSA) is 78.1 Å². The Hall–Kier alpha value is -1.22. The molecule has 0 atom stereocenters. The fraction of sp³-hybridized carbons (Fsp3) is 0.333. The predicted octanol–water partition coefficient (Wildman–Crippen LogP) is 0.742. The lowest BCUT2D eigenvalue weighted by molar-refractivity contribution is 0.833. The van der Waals surface area contributed by atoms with Gasteiger partial charge >= 0.3 is 0 Å². The zero-order chi connectivity index (χ0) is 8.97. The van der Waals surface area contributed by atoms with Crippen molar-refractivity contribution in [2.24, 2.45) is 5.73 Å². The third kappa shape index (κ3) is 2.13. The molecule has 3 nitrogen and oxygen atoms in total. The van der Waals surface area contributed by atoms with Crippen LogP contribution in [0.4, 0.5) is 11.4 Å². The van der Waals surface area contributed by atoms with E-state index in [4.69, 9.17) is 17.2 Å². The molecule has 1 aromatic carbocycles. The largest absolute Gasteiger partial charge is 0.397 e. The van der Waals surface area contributed by atoms with Crippen LogP contribution >= 0.6 is 0 Å². The van der Waals surface area contributed by atoms with Crippen molar-refractivity contribution in [3.05, 3.63) is 23.8 Å². The number of hydrogen-bond acceptors (Lipinski definition) is 3. The van der Waals surface area contributed by atoms with Crippen molar-refractivity contribution < 1.29 is 0 Å². The Morgan fingerprint density at radius 2 is 1.83 bits per heavy atom. The van der Waals surface area contributed by atoms with Gasteiger partial charge < -0.3 is 17.2 Å².